The van der Waals surface area contributed by atoms with Gasteiger partial charge in [0.15, 0.2) is 5.82 Å². The maximum atomic E-state index is 14.7. The second-order valence-electron chi connectivity index (χ2n) is 8.67. The van der Waals surface area contributed by atoms with Crippen LogP contribution >= 0.6 is 58.0 Å². The molecule has 2 atom stereocenters. The summed E-state index contributed by atoms with van der Waals surface area (Å²) in [5, 5.41) is 5.48. The van der Waals surface area contributed by atoms with Crippen LogP contribution in [0.3, 0.4) is 0 Å². The van der Waals surface area contributed by atoms with Crippen molar-refractivity contribution in [2.24, 2.45) is 5.92 Å². The van der Waals surface area contributed by atoms with Crippen LogP contribution in [0.4, 0.5) is 39.0 Å². The lowest BCUT2D eigenvalue weighted by molar-refractivity contribution is -0.126. The highest BCUT2D eigenvalue weighted by Crippen LogP contribution is 2.65. The summed E-state index contributed by atoms with van der Waals surface area (Å²) in [7, 11) is 0. The van der Waals surface area contributed by atoms with E-state index in [9.17, 15) is 36.3 Å². The van der Waals surface area contributed by atoms with E-state index in [1.54, 1.807) is 0 Å². The van der Waals surface area contributed by atoms with Crippen molar-refractivity contribution in [2.45, 2.75) is 16.7 Å². The molecule has 1 fully saturated rings. The Morgan fingerprint density at radius 3 is 2.07 bits per heavy atom. The normalized spacial score (nSPS) is 17.2. The summed E-state index contributed by atoms with van der Waals surface area (Å²) in [6, 6.07) is 7.42. The number of rotatable bonds is 7. The van der Waals surface area contributed by atoms with E-state index in [4.69, 9.17) is 58.0 Å². The number of carbonyl (C=O) groups is 3. The summed E-state index contributed by atoms with van der Waals surface area (Å²) >= 11 is 30.5. The molecule has 1 aliphatic carbocycles. The molecule has 216 valence electrons. The molecule has 0 aliphatic heterocycles. The highest BCUT2D eigenvalue weighted by Gasteiger charge is 2.67. The first-order valence-electron chi connectivity index (χ1n) is 11.1. The lowest BCUT2D eigenvalue weighted by atomic mass is 10.1. The molecule has 0 heterocycles. The number of alkyl halides is 4. The van der Waals surface area contributed by atoms with Gasteiger partial charge in [0, 0.05) is 21.7 Å². The van der Waals surface area contributed by atoms with Crippen LogP contribution in [0.1, 0.15) is 21.8 Å². The largest absolute Gasteiger partial charge is 0.326 e. The average Bonchev–Trinajstić information content (AvgIpc) is 3.46. The molecule has 4 rings (SSSR count). The number of hydrogen-bond donors (Lipinski definition) is 3. The molecule has 1 saturated carbocycles. The number of halogens is 10. The van der Waals surface area contributed by atoms with Crippen molar-refractivity contribution in [3.8, 4) is 0 Å². The predicted molar refractivity (Wildman–Crippen MR) is 146 cm³/mol. The molecule has 6 nitrogen and oxygen atoms in total. The van der Waals surface area contributed by atoms with Crippen molar-refractivity contribution in [1.82, 2.24) is 0 Å². The molecule has 0 spiro atoms. The minimum Gasteiger partial charge on any atom is -0.326 e. The Hall–Kier alpha value is -2.83. The van der Waals surface area contributed by atoms with Crippen molar-refractivity contribution in [2.75, 3.05) is 16.0 Å². The highest BCUT2D eigenvalue weighted by atomic mass is 35.5. The third-order valence-corrected chi connectivity index (χ3v) is 7.67. The Morgan fingerprint density at radius 1 is 0.829 bits per heavy atom. The zero-order valence-electron chi connectivity index (χ0n) is 19.8. The lowest BCUT2D eigenvalue weighted by Gasteiger charge is -2.14. The monoisotopic (exact) mass is 673 g/mol. The maximum absolute atomic E-state index is 14.7. The predicted octanol–water partition coefficient (Wildman–Crippen LogP) is 8.05. The van der Waals surface area contributed by atoms with Crippen molar-refractivity contribution in [3.63, 3.8) is 0 Å². The van der Waals surface area contributed by atoms with Crippen LogP contribution in [0, 0.1) is 23.4 Å². The molecule has 0 saturated heterocycles. The molecular formula is C25H13Cl5F5N3O3. The van der Waals surface area contributed by atoms with Gasteiger partial charge in [-0.05, 0) is 48.0 Å². The molecule has 16 heteroatoms. The van der Waals surface area contributed by atoms with E-state index >= 15 is 0 Å². The second kappa shape index (κ2) is 11.8. The second-order valence-corrected chi connectivity index (χ2v) is 11.4. The highest BCUT2D eigenvalue weighted by molar-refractivity contribution is 6.53. The van der Waals surface area contributed by atoms with E-state index in [-0.39, 0.29) is 15.7 Å². The van der Waals surface area contributed by atoms with E-state index in [1.165, 1.54) is 23.5 Å². The Labute approximate surface area is 253 Å². The smallest absolute Gasteiger partial charge is 0.315 e. The molecule has 3 aromatic rings. The maximum Gasteiger partial charge on any atom is 0.315 e. The van der Waals surface area contributed by atoms with Crippen LogP contribution in [0.5, 0.6) is 0 Å². The van der Waals surface area contributed by atoms with Crippen molar-refractivity contribution >= 4 is 92.8 Å². The fraction of sp³-hybridized carbons (Fsp3) is 0.160. The molecule has 1 aliphatic rings. The van der Waals surface area contributed by atoms with Crippen LogP contribution in [0.2, 0.25) is 15.1 Å². The molecule has 0 bridgehead atoms. The molecular weight excluding hydrogens is 663 g/mol. The van der Waals surface area contributed by atoms with E-state index in [0.29, 0.717) is 17.7 Å². The summed E-state index contributed by atoms with van der Waals surface area (Å²) in [6.45, 7) is 0. The molecule has 0 radical (unpaired) electrons. The summed E-state index contributed by atoms with van der Waals surface area (Å²) in [5.74, 6) is -9.94. The quantitative estimate of drug-likeness (QED) is 0.175. The molecule has 0 aromatic heterocycles. The van der Waals surface area contributed by atoms with Gasteiger partial charge in [-0.1, -0.05) is 34.8 Å². The van der Waals surface area contributed by atoms with Crippen LogP contribution in [-0.4, -0.2) is 28.5 Å². The third kappa shape index (κ3) is 6.49. The minimum atomic E-state index is -3.51. The first kappa shape index (κ1) is 31.1. The van der Waals surface area contributed by atoms with Crippen LogP contribution in [-0.2, 0) is 9.59 Å². The Kier molecular flexibility index (Phi) is 8.96. The van der Waals surface area contributed by atoms with E-state index in [2.05, 4.69) is 5.32 Å². The van der Waals surface area contributed by atoms with E-state index < -0.39 is 79.7 Å². The van der Waals surface area contributed by atoms with Gasteiger partial charge in [0.05, 0.1) is 22.2 Å². The van der Waals surface area contributed by atoms with Gasteiger partial charge >= 0.3 is 6.43 Å². The molecule has 3 aromatic carbocycles. The number of nitrogens with one attached hydrogen (secondary N) is 3. The number of carbonyl (C=O) groups excluding carboxylic acids is 3. The summed E-state index contributed by atoms with van der Waals surface area (Å²) in [5.41, 5.74) is -2.51. The Bertz CT molecular complexity index is 1570. The van der Waals surface area contributed by atoms with E-state index in [1.807, 2.05) is 5.32 Å². The molecule has 3 amide bonds. The lowest BCUT2D eigenvalue weighted by Crippen LogP contribution is -2.22. The zero-order valence-corrected chi connectivity index (χ0v) is 23.6. The van der Waals surface area contributed by atoms with Crippen LogP contribution in [0.25, 0.3) is 0 Å². The molecule has 3 N–H and O–H groups in total. The standard InChI is InChI=1S/C25H13Cl5F5N3O3/c26-9-3-8(4-10(27)5-9)16-17(25(16,29)30)23(40)36-11-6-12(18(28)14(32)7-11)22(39)38-20-13(31)1-2-15(19(20)33)37-24(41)21(34)35/h1-7,16-17,21H,(H,36,40)(H,37,41)(H,38,39)/t16-,17+/m0/s1. The SMILES string of the molecule is O=C(Nc1c(F)ccc(NC(=O)C(F)F)c1F)c1cc(NC(=O)[C@H]2[C@H](c3cc(Cl)cc(Cl)c3)C2(Cl)Cl)cc(F)c1Cl. The fourth-order valence-corrected chi connectivity index (χ4v) is 5.57. The summed E-state index contributed by atoms with van der Waals surface area (Å²) < 4.78 is 67.1. The van der Waals surface area contributed by atoms with Gasteiger partial charge in [0.1, 0.15) is 21.7 Å². The van der Waals surface area contributed by atoms with Gasteiger partial charge in [-0.25, -0.2) is 13.2 Å². The van der Waals surface area contributed by atoms with Crippen LogP contribution < -0.4 is 16.0 Å². The van der Waals surface area contributed by atoms with Gasteiger partial charge in [0.2, 0.25) is 5.91 Å². The third-order valence-electron chi connectivity index (χ3n) is 5.91. The van der Waals surface area contributed by atoms with Gasteiger partial charge in [-0.3, -0.25) is 14.4 Å². The summed E-state index contributed by atoms with van der Waals surface area (Å²) in [4.78, 5) is 37.0. The zero-order chi connectivity index (χ0) is 30.4. The number of anilines is 3. The number of hydrogen-bond acceptors (Lipinski definition) is 3. The Morgan fingerprint density at radius 2 is 1.46 bits per heavy atom. The molecule has 0 unspecified atom stereocenters. The van der Waals surface area contributed by atoms with Gasteiger partial charge in [-0.15, -0.1) is 23.2 Å². The van der Waals surface area contributed by atoms with Crippen molar-refractivity contribution in [3.05, 3.63) is 86.1 Å². The first-order chi connectivity index (χ1) is 19.1. The van der Waals surface area contributed by atoms with Crippen LogP contribution in [0.15, 0.2) is 42.5 Å². The van der Waals surface area contributed by atoms with Crippen molar-refractivity contribution < 1.29 is 36.3 Å². The topological polar surface area (TPSA) is 87.3 Å². The van der Waals surface area contributed by atoms with Gasteiger partial charge < -0.3 is 16.0 Å². The average molecular weight is 676 g/mol. The van der Waals surface area contributed by atoms with Crippen molar-refractivity contribution in [1.29, 1.82) is 0 Å². The molecule has 41 heavy (non-hydrogen) atoms. The summed E-state index contributed by atoms with van der Waals surface area (Å²) in [6.07, 6.45) is -3.51. The van der Waals surface area contributed by atoms with Gasteiger partial charge in [0.25, 0.3) is 11.8 Å². The fourth-order valence-electron chi connectivity index (χ4n) is 4.00. The number of amides is 3. The minimum absolute atomic E-state index is 0.271. The number of benzene rings is 3. The Balaban J connectivity index is 1.57. The first-order valence-corrected chi connectivity index (χ1v) is 13.0. The van der Waals surface area contributed by atoms with E-state index in [0.717, 1.165) is 12.1 Å². The van der Waals surface area contributed by atoms with Gasteiger partial charge in [-0.2, -0.15) is 8.78 Å².